The van der Waals surface area contributed by atoms with E-state index in [1.54, 1.807) is 19.4 Å². The van der Waals surface area contributed by atoms with E-state index in [9.17, 15) is 4.79 Å². The first-order valence-corrected chi connectivity index (χ1v) is 6.99. The van der Waals surface area contributed by atoms with E-state index in [2.05, 4.69) is 26.2 Å². The third kappa shape index (κ3) is 3.71. The van der Waals surface area contributed by atoms with Crippen LogP contribution >= 0.6 is 27.5 Å². The van der Waals surface area contributed by atoms with E-state index in [-0.39, 0.29) is 11.1 Å². The van der Waals surface area contributed by atoms with E-state index in [0.717, 1.165) is 11.3 Å². The number of hydrogen-bond donors (Lipinski definition) is 1. The standard InChI is InChI=1S/C14H12BrClN2O2/c1-20-11-4-2-9(3-5-11)7-18-14(19)12-6-10(15)8-17-13(12)16/h2-6,8H,7H2,1H3,(H,18,19). The maximum atomic E-state index is 12.0. The van der Waals surface area contributed by atoms with Gasteiger partial charge in [-0.25, -0.2) is 4.98 Å². The Hall–Kier alpha value is -1.59. The van der Waals surface area contributed by atoms with Gasteiger partial charge >= 0.3 is 0 Å². The number of benzene rings is 1. The molecule has 20 heavy (non-hydrogen) atoms. The molecule has 1 heterocycles. The third-order valence-corrected chi connectivity index (χ3v) is 3.40. The van der Waals surface area contributed by atoms with Crippen LogP contribution in [-0.2, 0) is 6.54 Å². The number of amides is 1. The van der Waals surface area contributed by atoms with E-state index < -0.39 is 0 Å². The molecule has 0 fully saturated rings. The summed E-state index contributed by atoms with van der Waals surface area (Å²) in [5, 5.41) is 2.98. The van der Waals surface area contributed by atoms with Crippen LogP contribution in [0, 0.1) is 0 Å². The summed E-state index contributed by atoms with van der Waals surface area (Å²) in [4.78, 5) is 16.0. The van der Waals surface area contributed by atoms with Gasteiger partial charge in [0.1, 0.15) is 10.9 Å². The monoisotopic (exact) mass is 354 g/mol. The van der Waals surface area contributed by atoms with Crippen molar-refractivity contribution in [3.63, 3.8) is 0 Å². The van der Waals surface area contributed by atoms with Gasteiger partial charge in [0, 0.05) is 17.2 Å². The highest BCUT2D eigenvalue weighted by atomic mass is 79.9. The second-order valence-electron chi connectivity index (χ2n) is 4.02. The van der Waals surface area contributed by atoms with Gasteiger partial charge in [0.15, 0.2) is 0 Å². The van der Waals surface area contributed by atoms with Crippen LogP contribution in [0.25, 0.3) is 0 Å². The van der Waals surface area contributed by atoms with Crippen LogP contribution in [0.4, 0.5) is 0 Å². The zero-order valence-electron chi connectivity index (χ0n) is 10.7. The van der Waals surface area contributed by atoms with Gasteiger partial charge in [-0.05, 0) is 39.7 Å². The molecule has 0 unspecified atom stereocenters. The van der Waals surface area contributed by atoms with Crippen molar-refractivity contribution in [2.24, 2.45) is 0 Å². The smallest absolute Gasteiger partial charge is 0.254 e. The van der Waals surface area contributed by atoms with Crippen LogP contribution in [0.1, 0.15) is 15.9 Å². The molecule has 0 bridgehead atoms. The van der Waals surface area contributed by atoms with Crippen LogP contribution in [0.15, 0.2) is 41.0 Å². The summed E-state index contributed by atoms with van der Waals surface area (Å²) >= 11 is 9.16. The van der Waals surface area contributed by atoms with Gasteiger partial charge in [-0.3, -0.25) is 4.79 Å². The summed E-state index contributed by atoms with van der Waals surface area (Å²) < 4.78 is 5.78. The normalized spacial score (nSPS) is 10.2. The van der Waals surface area contributed by atoms with Crippen LogP contribution in [0.2, 0.25) is 5.15 Å². The number of carbonyl (C=O) groups is 1. The fourth-order valence-electron chi connectivity index (χ4n) is 1.60. The predicted octanol–water partition coefficient (Wildman–Crippen LogP) is 3.44. The molecule has 0 aliphatic heterocycles. The van der Waals surface area contributed by atoms with Crippen LogP contribution in [0.3, 0.4) is 0 Å². The minimum Gasteiger partial charge on any atom is -0.497 e. The summed E-state index contributed by atoms with van der Waals surface area (Å²) in [5.41, 5.74) is 1.31. The van der Waals surface area contributed by atoms with E-state index in [0.29, 0.717) is 16.6 Å². The highest BCUT2D eigenvalue weighted by Gasteiger charge is 2.11. The zero-order valence-corrected chi connectivity index (χ0v) is 13.0. The lowest BCUT2D eigenvalue weighted by Gasteiger charge is -2.07. The maximum absolute atomic E-state index is 12.0. The Labute approximate surface area is 130 Å². The zero-order chi connectivity index (χ0) is 14.5. The molecule has 4 nitrogen and oxygen atoms in total. The second-order valence-corrected chi connectivity index (χ2v) is 5.30. The van der Waals surface area contributed by atoms with Gasteiger partial charge in [-0.1, -0.05) is 23.7 Å². The number of halogens is 2. The van der Waals surface area contributed by atoms with Gasteiger partial charge < -0.3 is 10.1 Å². The number of aromatic nitrogens is 1. The highest BCUT2D eigenvalue weighted by Crippen LogP contribution is 2.18. The van der Waals surface area contributed by atoms with Crippen molar-refractivity contribution in [2.75, 3.05) is 7.11 Å². The Kier molecular flexibility index (Phi) is 4.98. The Morgan fingerprint density at radius 3 is 2.75 bits per heavy atom. The van der Waals surface area contributed by atoms with Crippen molar-refractivity contribution < 1.29 is 9.53 Å². The molecule has 0 aliphatic carbocycles. The van der Waals surface area contributed by atoms with Gasteiger partial charge in [0.2, 0.25) is 0 Å². The molecule has 1 aromatic heterocycles. The number of nitrogens with zero attached hydrogens (tertiary/aromatic N) is 1. The third-order valence-electron chi connectivity index (χ3n) is 2.66. The van der Waals surface area contributed by atoms with Gasteiger partial charge in [-0.15, -0.1) is 0 Å². The highest BCUT2D eigenvalue weighted by molar-refractivity contribution is 9.10. The van der Waals surface area contributed by atoms with Crippen LogP contribution in [-0.4, -0.2) is 18.0 Å². The van der Waals surface area contributed by atoms with Gasteiger partial charge in [0.25, 0.3) is 5.91 Å². The molecule has 1 amide bonds. The minimum absolute atomic E-state index is 0.181. The van der Waals surface area contributed by atoms with E-state index in [4.69, 9.17) is 16.3 Å². The SMILES string of the molecule is COc1ccc(CNC(=O)c2cc(Br)cnc2Cl)cc1. The Balaban J connectivity index is 2.02. The van der Waals surface area contributed by atoms with Crippen molar-refractivity contribution in [1.82, 2.24) is 10.3 Å². The summed E-state index contributed by atoms with van der Waals surface area (Å²) in [5.74, 6) is 0.513. The van der Waals surface area contributed by atoms with Crippen molar-refractivity contribution in [3.05, 3.63) is 57.3 Å². The molecule has 2 aromatic rings. The molecule has 0 spiro atoms. The Morgan fingerprint density at radius 2 is 2.10 bits per heavy atom. The predicted molar refractivity (Wildman–Crippen MR) is 81.1 cm³/mol. The summed E-state index contributed by atoms with van der Waals surface area (Å²) in [7, 11) is 1.61. The number of hydrogen-bond acceptors (Lipinski definition) is 3. The lowest BCUT2D eigenvalue weighted by molar-refractivity contribution is 0.0950. The molecular formula is C14H12BrClN2O2. The van der Waals surface area contributed by atoms with Crippen molar-refractivity contribution in [3.8, 4) is 5.75 Å². The summed E-state index contributed by atoms with van der Waals surface area (Å²) in [6, 6.07) is 9.10. The first-order valence-electron chi connectivity index (χ1n) is 5.82. The number of ether oxygens (including phenoxy) is 1. The maximum Gasteiger partial charge on any atom is 0.254 e. The van der Waals surface area contributed by atoms with E-state index >= 15 is 0 Å². The molecule has 6 heteroatoms. The largest absolute Gasteiger partial charge is 0.497 e. The number of nitrogens with one attached hydrogen (secondary N) is 1. The lowest BCUT2D eigenvalue weighted by Crippen LogP contribution is -2.23. The summed E-state index contributed by atoms with van der Waals surface area (Å²) in [6.07, 6.45) is 1.54. The van der Waals surface area contributed by atoms with Crippen molar-refractivity contribution in [2.45, 2.75) is 6.54 Å². The van der Waals surface area contributed by atoms with Gasteiger partial charge in [0.05, 0.1) is 12.7 Å². The topological polar surface area (TPSA) is 51.2 Å². The van der Waals surface area contributed by atoms with Crippen molar-refractivity contribution >= 4 is 33.4 Å². The lowest BCUT2D eigenvalue weighted by atomic mass is 10.2. The fraction of sp³-hybridized carbons (Fsp3) is 0.143. The molecule has 0 aliphatic rings. The summed E-state index contributed by atoms with van der Waals surface area (Å²) in [6.45, 7) is 0.408. The first kappa shape index (κ1) is 14.8. The molecule has 1 aromatic carbocycles. The van der Waals surface area contributed by atoms with E-state index in [1.807, 2.05) is 24.3 Å². The Bertz CT molecular complexity index is 617. The minimum atomic E-state index is -0.264. The quantitative estimate of drug-likeness (QED) is 0.855. The molecule has 0 saturated carbocycles. The number of carbonyl (C=O) groups excluding carboxylic acids is 1. The molecular weight excluding hydrogens is 344 g/mol. The average molecular weight is 356 g/mol. The van der Waals surface area contributed by atoms with Crippen LogP contribution < -0.4 is 10.1 Å². The van der Waals surface area contributed by atoms with Crippen molar-refractivity contribution in [1.29, 1.82) is 0 Å². The second kappa shape index (κ2) is 6.72. The fourth-order valence-corrected chi connectivity index (χ4v) is 2.12. The number of pyridine rings is 1. The van der Waals surface area contributed by atoms with E-state index in [1.165, 1.54) is 0 Å². The molecule has 0 radical (unpaired) electrons. The molecule has 1 N–H and O–H groups in total. The average Bonchev–Trinajstić information content (AvgIpc) is 2.47. The molecule has 2 rings (SSSR count). The number of rotatable bonds is 4. The first-order chi connectivity index (χ1) is 9.60. The Morgan fingerprint density at radius 1 is 1.40 bits per heavy atom. The molecule has 104 valence electrons. The van der Waals surface area contributed by atoms with Crippen LogP contribution in [0.5, 0.6) is 5.75 Å². The van der Waals surface area contributed by atoms with Gasteiger partial charge in [-0.2, -0.15) is 0 Å². The molecule has 0 atom stereocenters. The molecule has 0 saturated heterocycles. The number of methoxy groups -OCH3 is 1.